The van der Waals surface area contributed by atoms with Crippen LogP contribution in [-0.4, -0.2) is 64.7 Å². The lowest BCUT2D eigenvalue weighted by Gasteiger charge is -2.26. The molecule has 1 aliphatic heterocycles. The smallest absolute Gasteiger partial charge is 0.251 e. The molecule has 1 amide bonds. The SMILES string of the molecule is COc1ccc(OCC(C)NC(=O)c2ccc(CS(=O)(=O)N3CCOCC3)cc2)cc1. The molecule has 1 N–H and O–H groups in total. The van der Waals surface area contributed by atoms with Gasteiger partial charge in [-0.25, -0.2) is 8.42 Å². The maximum absolute atomic E-state index is 12.5. The highest BCUT2D eigenvalue weighted by Gasteiger charge is 2.24. The van der Waals surface area contributed by atoms with E-state index in [-0.39, 0.29) is 17.7 Å². The van der Waals surface area contributed by atoms with E-state index in [0.29, 0.717) is 49.8 Å². The molecule has 0 aliphatic carbocycles. The molecule has 1 aliphatic rings. The largest absolute Gasteiger partial charge is 0.497 e. The molecule has 0 saturated carbocycles. The first kappa shape index (κ1) is 23.1. The molecule has 1 atom stereocenters. The first-order valence-corrected chi connectivity index (χ1v) is 11.7. The Hall–Kier alpha value is -2.62. The van der Waals surface area contributed by atoms with Gasteiger partial charge in [-0.2, -0.15) is 4.31 Å². The number of hydrogen-bond acceptors (Lipinski definition) is 6. The summed E-state index contributed by atoms with van der Waals surface area (Å²) in [6.45, 7) is 3.74. The van der Waals surface area contributed by atoms with Crippen LogP contribution in [0.2, 0.25) is 0 Å². The van der Waals surface area contributed by atoms with E-state index in [1.54, 1.807) is 55.6 Å². The highest BCUT2D eigenvalue weighted by Crippen LogP contribution is 2.17. The van der Waals surface area contributed by atoms with Gasteiger partial charge in [-0.3, -0.25) is 4.79 Å². The lowest BCUT2D eigenvalue weighted by atomic mass is 10.1. The number of benzene rings is 2. The number of carbonyl (C=O) groups excluding carboxylic acids is 1. The van der Waals surface area contributed by atoms with E-state index in [2.05, 4.69) is 5.32 Å². The van der Waals surface area contributed by atoms with Crippen molar-refractivity contribution in [2.45, 2.75) is 18.7 Å². The van der Waals surface area contributed by atoms with Crippen LogP contribution < -0.4 is 14.8 Å². The van der Waals surface area contributed by atoms with Crippen LogP contribution in [0.1, 0.15) is 22.8 Å². The summed E-state index contributed by atoms with van der Waals surface area (Å²) in [5, 5.41) is 2.88. The molecule has 31 heavy (non-hydrogen) atoms. The van der Waals surface area contributed by atoms with Gasteiger partial charge in [0, 0.05) is 18.7 Å². The van der Waals surface area contributed by atoms with Crippen molar-refractivity contribution in [2.75, 3.05) is 40.0 Å². The van der Waals surface area contributed by atoms with Gasteiger partial charge < -0.3 is 19.5 Å². The van der Waals surface area contributed by atoms with Crippen LogP contribution in [0.5, 0.6) is 11.5 Å². The van der Waals surface area contributed by atoms with Gasteiger partial charge in [0.25, 0.3) is 5.91 Å². The molecule has 9 heteroatoms. The van der Waals surface area contributed by atoms with Gasteiger partial charge in [0.05, 0.1) is 32.1 Å². The summed E-state index contributed by atoms with van der Waals surface area (Å²) in [5.74, 6) is 1.09. The average Bonchev–Trinajstić information content (AvgIpc) is 2.79. The second-order valence-electron chi connectivity index (χ2n) is 7.33. The van der Waals surface area contributed by atoms with E-state index in [1.165, 1.54) is 4.31 Å². The number of morpholine rings is 1. The quantitative estimate of drug-likeness (QED) is 0.631. The number of rotatable bonds is 9. The molecule has 1 unspecified atom stereocenters. The molecule has 0 spiro atoms. The Balaban J connectivity index is 1.49. The summed E-state index contributed by atoms with van der Waals surface area (Å²) in [6, 6.07) is 13.6. The molecule has 1 saturated heterocycles. The minimum atomic E-state index is -3.40. The van der Waals surface area contributed by atoms with Crippen molar-refractivity contribution in [1.29, 1.82) is 0 Å². The molecular formula is C22H28N2O6S. The number of hydrogen-bond donors (Lipinski definition) is 1. The Morgan fingerprint density at radius 1 is 1.06 bits per heavy atom. The molecule has 0 bridgehead atoms. The zero-order valence-electron chi connectivity index (χ0n) is 17.7. The molecule has 2 aromatic rings. The van der Waals surface area contributed by atoms with Crippen LogP contribution in [0.4, 0.5) is 0 Å². The monoisotopic (exact) mass is 448 g/mol. The summed E-state index contributed by atoms with van der Waals surface area (Å²) in [7, 11) is -1.80. The zero-order valence-corrected chi connectivity index (χ0v) is 18.6. The third-order valence-corrected chi connectivity index (χ3v) is 6.72. The lowest BCUT2D eigenvalue weighted by Crippen LogP contribution is -2.41. The molecule has 8 nitrogen and oxygen atoms in total. The Morgan fingerprint density at radius 2 is 1.68 bits per heavy atom. The van der Waals surface area contributed by atoms with E-state index < -0.39 is 10.0 Å². The number of ether oxygens (including phenoxy) is 3. The van der Waals surface area contributed by atoms with Gasteiger partial charge in [-0.15, -0.1) is 0 Å². The van der Waals surface area contributed by atoms with E-state index in [4.69, 9.17) is 14.2 Å². The van der Waals surface area contributed by atoms with Crippen LogP contribution in [0.15, 0.2) is 48.5 Å². The van der Waals surface area contributed by atoms with Crippen molar-refractivity contribution in [2.24, 2.45) is 0 Å². The van der Waals surface area contributed by atoms with E-state index in [9.17, 15) is 13.2 Å². The van der Waals surface area contributed by atoms with Gasteiger partial charge >= 0.3 is 0 Å². The van der Waals surface area contributed by atoms with Crippen molar-refractivity contribution in [3.8, 4) is 11.5 Å². The fourth-order valence-corrected chi connectivity index (χ4v) is 4.62. The third-order valence-electron chi connectivity index (χ3n) is 4.87. The highest BCUT2D eigenvalue weighted by molar-refractivity contribution is 7.88. The lowest BCUT2D eigenvalue weighted by molar-refractivity contribution is 0.0729. The predicted molar refractivity (Wildman–Crippen MR) is 117 cm³/mol. The van der Waals surface area contributed by atoms with Crippen LogP contribution in [-0.2, 0) is 20.5 Å². The van der Waals surface area contributed by atoms with Crippen molar-refractivity contribution in [3.05, 3.63) is 59.7 Å². The van der Waals surface area contributed by atoms with Crippen LogP contribution in [0.25, 0.3) is 0 Å². The first-order valence-electron chi connectivity index (χ1n) is 10.1. The summed E-state index contributed by atoms with van der Waals surface area (Å²) in [4.78, 5) is 12.5. The number of methoxy groups -OCH3 is 1. The maximum Gasteiger partial charge on any atom is 0.251 e. The van der Waals surface area contributed by atoms with Crippen molar-refractivity contribution < 1.29 is 27.4 Å². The average molecular weight is 449 g/mol. The van der Waals surface area contributed by atoms with Crippen molar-refractivity contribution in [1.82, 2.24) is 9.62 Å². The second kappa shape index (κ2) is 10.6. The number of nitrogens with one attached hydrogen (secondary N) is 1. The van der Waals surface area contributed by atoms with Crippen LogP contribution in [0, 0.1) is 0 Å². The van der Waals surface area contributed by atoms with Crippen LogP contribution >= 0.6 is 0 Å². The van der Waals surface area contributed by atoms with E-state index in [0.717, 1.165) is 5.75 Å². The summed E-state index contributed by atoms with van der Waals surface area (Å²) >= 11 is 0. The summed E-state index contributed by atoms with van der Waals surface area (Å²) < 4.78 is 42.5. The Bertz CT molecular complexity index is 955. The minimum Gasteiger partial charge on any atom is -0.497 e. The van der Waals surface area contributed by atoms with Gasteiger partial charge in [0.15, 0.2) is 0 Å². The summed E-state index contributed by atoms with van der Waals surface area (Å²) in [5.41, 5.74) is 1.10. The van der Waals surface area contributed by atoms with Crippen molar-refractivity contribution in [3.63, 3.8) is 0 Å². The topological polar surface area (TPSA) is 94.2 Å². The molecule has 1 fully saturated rings. The molecule has 168 valence electrons. The van der Waals surface area contributed by atoms with E-state index >= 15 is 0 Å². The molecule has 2 aromatic carbocycles. The van der Waals surface area contributed by atoms with Gasteiger partial charge in [0.2, 0.25) is 10.0 Å². The fourth-order valence-electron chi connectivity index (χ4n) is 3.12. The highest BCUT2D eigenvalue weighted by atomic mass is 32.2. The van der Waals surface area contributed by atoms with E-state index in [1.807, 2.05) is 6.92 Å². The van der Waals surface area contributed by atoms with Crippen molar-refractivity contribution >= 4 is 15.9 Å². The van der Waals surface area contributed by atoms with Gasteiger partial charge in [0.1, 0.15) is 18.1 Å². The molecule has 3 rings (SSSR count). The third kappa shape index (κ3) is 6.68. The Kier molecular flexibility index (Phi) is 7.89. The molecular weight excluding hydrogens is 420 g/mol. The maximum atomic E-state index is 12.5. The fraction of sp³-hybridized carbons (Fsp3) is 0.409. The first-order chi connectivity index (χ1) is 14.9. The number of nitrogens with zero attached hydrogens (tertiary/aromatic N) is 1. The Labute approximate surface area is 183 Å². The number of sulfonamides is 1. The van der Waals surface area contributed by atoms with Gasteiger partial charge in [-0.05, 0) is 48.9 Å². The minimum absolute atomic E-state index is 0.0962. The second-order valence-corrected chi connectivity index (χ2v) is 9.29. The molecule has 0 aromatic heterocycles. The standard InChI is InChI=1S/C22H28N2O6S/c1-17(15-30-21-9-7-20(28-2)8-10-21)23-22(25)19-5-3-18(4-6-19)16-31(26,27)24-11-13-29-14-12-24/h3-10,17H,11-16H2,1-2H3,(H,23,25). The summed E-state index contributed by atoms with van der Waals surface area (Å²) in [6.07, 6.45) is 0. The zero-order chi connectivity index (χ0) is 22.3. The van der Waals surface area contributed by atoms with Gasteiger partial charge in [-0.1, -0.05) is 12.1 Å². The molecule has 1 heterocycles. The Morgan fingerprint density at radius 3 is 2.29 bits per heavy atom. The van der Waals surface area contributed by atoms with Crippen LogP contribution in [0.3, 0.4) is 0 Å². The molecule has 0 radical (unpaired) electrons. The normalized spacial score (nSPS) is 15.8. The number of amides is 1. The predicted octanol–water partition coefficient (Wildman–Crippen LogP) is 2.05. The number of carbonyl (C=O) groups is 1.